The lowest BCUT2D eigenvalue weighted by atomic mass is 10.2. The molecule has 0 aromatic carbocycles. The second kappa shape index (κ2) is 3.54. The summed E-state index contributed by atoms with van der Waals surface area (Å²) in [5.41, 5.74) is 0.913. The molecule has 0 spiro atoms. The van der Waals surface area contributed by atoms with Gasteiger partial charge in [0.25, 0.3) is 0 Å². The van der Waals surface area contributed by atoms with Crippen LogP contribution in [0.3, 0.4) is 0 Å². The molecule has 0 amide bonds. The molecule has 0 aliphatic rings. The van der Waals surface area contributed by atoms with E-state index >= 15 is 0 Å². The maximum atomic E-state index is 11.0. The molecule has 64 valence electrons. The van der Waals surface area contributed by atoms with E-state index in [0.717, 1.165) is 0 Å². The average molecular weight is 186 g/mol. The third kappa shape index (κ3) is 1.56. The lowest BCUT2D eigenvalue weighted by Crippen LogP contribution is -2.06. The largest absolute Gasteiger partial charge is 0.464 e. The van der Waals surface area contributed by atoms with Crippen LogP contribution in [0, 0.1) is 6.92 Å². The van der Waals surface area contributed by atoms with Gasteiger partial charge in [0.1, 0.15) is 0 Å². The fourth-order valence-electron chi connectivity index (χ4n) is 0.815. The standard InChI is InChI=1S/C8H8ClNO2/c1-5-6(9)3-4-10-7(5)8(11)12-2/h3-4H,1-2H3. The van der Waals surface area contributed by atoms with Crippen LogP contribution in [-0.4, -0.2) is 18.1 Å². The molecule has 1 aromatic rings. The molecule has 4 heteroatoms. The Hall–Kier alpha value is -1.09. The number of hydrogen-bond acceptors (Lipinski definition) is 3. The van der Waals surface area contributed by atoms with Gasteiger partial charge in [0.15, 0.2) is 5.69 Å². The van der Waals surface area contributed by atoms with E-state index in [1.807, 2.05) is 0 Å². The van der Waals surface area contributed by atoms with Crippen LogP contribution in [0.25, 0.3) is 0 Å². The van der Waals surface area contributed by atoms with Crippen molar-refractivity contribution in [3.05, 3.63) is 28.5 Å². The second-order valence-corrected chi connectivity index (χ2v) is 2.67. The number of carbonyl (C=O) groups excluding carboxylic acids is 1. The lowest BCUT2D eigenvalue weighted by molar-refractivity contribution is 0.0593. The van der Waals surface area contributed by atoms with Crippen molar-refractivity contribution in [3.63, 3.8) is 0 Å². The number of nitrogens with zero attached hydrogens (tertiary/aromatic N) is 1. The Morgan fingerprint density at radius 2 is 2.33 bits per heavy atom. The van der Waals surface area contributed by atoms with Crippen molar-refractivity contribution in [2.75, 3.05) is 7.11 Å². The SMILES string of the molecule is COC(=O)c1nccc(Cl)c1C. The minimum atomic E-state index is -0.463. The minimum absolute atomic E-state index is 0.269. The molecule has 0 fully saturated rings. The Kier molecular flexibility index (Phi) is 2.65. The Morgan fingerprint density at radius 3 is 2.92 bits per heavy atom. The van der Waals surface area contributed by atoms with Gasteiger partial charge in [-0.1, -0.05) is 11.6 Å². The number of hydrogen-bond donors (Lipinski definition) is 0. The molecule has 3 nitrogen and oxygen atoms in total. The number of ether oxygens (including phenoxy) is 1. The summed E-state index contributed by atoms with van der Waals surface area (Å²) in [5, 5.41) is 0.519. The highest BCUT2D eigenvalue weighted by Crippen LogP contribution is 2.16. The van der Waals surface area contributed by atoms with Crippen LogP contribution in [-0.2, 0) is 4.74 Å². The summed E-state index contributed by atoms with van der Waals surface area (Å²) < 4.78 is 4.51. The number of pyridine rings is 1. The van der Waals surface area contributed by atoms with Crippen LogP contribution in [0.5, 0.6) is 0 Å². The third-order valence-electron chi connectivity index (χ3n) is 1.52. The first kappa shape index (κ1) is 9.00. The summed E-state index contributed by atoms with van der Waals surface area (Å²) in [7, 11) is 1.31. The molecule has 1 aromatic heterocycles. The van der Waals surface area contributed by atoms with E-state index in [-0.39, 0.29) is 5.69 Å². The third-order valence-corrected chi connectivity index (χ3v) is 1.93. The molecule has 12 heavy (non-hydrogen) atoms. The van der Waals surface area contributed by atoms with Crippen molar-refractivity contribution in [1.82, 2.24) is 4.98 Å². The number of esters is 1. The summed E-state index contributed by atoms with van der Waals surface area (Å²) in [4.78, 5) is 14.9. The first-order valence-electron chi connectivity index (χ1n) is 3.36. The lowest BCUT2D eigenvalue weighted by Gasteiger charge is -2.02. The minimum Gasteiger partial charge on any atom is -0.464 e. The zero-order valence-electron chi connectivity index (χ0n) is 6.80. The molecule has 0 atom stereocenters. The van der Waals surface area contributed by atoms with Crippen molar-refractivity contribution in [2.24, 2.45) is 0 Å². The zero-order chi connectivity index (χ0) is 9.14. The first-order valence-corrected chi connectivity index (χ1v) is 3.74. The van der Waals surface area contributed by atoms with Crippen molar-refractivity contribution in [2.45, 2.75) is 6.92 Å². The van der Waals surface area contributed by atoms with Crippen LogP contribution in [0.2, 0.25) is 5.02 Å². The predicted octanol–water partition coefficient (Wildman–Crippen LogP) is 1.83. The molecule has 0 N–H and O–H groups in total. The van der Waals surface area contributed by atoms with E-state index in [9.17, 15) is 4.79 Å². The Labute approximate surface area is 75.3 Å². The highest BCUT2D eigenvalue weighted by Gasteiger charge is 2.11. The van der Waals surface area contributed by atoms with E-state index in [2.05, 4.69) is 9.72 Å². The predicted molar refractivity (Wildman–Crippen MR) is 45.3 cm³/mol. The molecule has 1 rings (SSSR count). The van der Waals surface area contributed by atoms with Crippen LogP contribution in [0.4, 0.5) is 0 Å². The van der Waals surface area contributed by atoms with Gasteiger partial charge in [0.2, 0.25) is 0 Å². The smallest absolute Gasteiger partial charge is 0.356 e. The summed E-state index contributed by atoms with van der Waals surface area (Å²) >= 11 is 5.77. The van der Waals surface area contributed by atoms with Gasteiger partial charge >= 0.3 is 5.97 Å². The van der Waals surface area contributed by atoms with Crippen LogP contribution in [0.1, 0.15) is 16.1 Å². The van der Waals surface area contributed by atoms with Gasteiger partial charge in [-0.05, 0) is 13.0 Å². The van der Waals surface area contributed by atoms with Crippen molar-refractivity contribution in [1.29, 1.82) is 0 Å². The zero-order valence-corrected chi connectivity index (χ0v) is 7.55. The molecule has 0 radical (unpaired) electrons. The summed E-state index contributed by atoms with van der Waals surface area (Å²) in [6.45, 7) is 1.72. The summed E-state index contributed by atoms with van der Waals surface area (Å²) in [6, 6.07) is 1.63. The molecular weight excluding hydrogens is 178 g/mol. The fraction of sp³-hybridized carbons (Fsp3) is 0.250. The topological polar surface area (TPSA) is 39.2 Å². The van der Waals surface area contributed by atoms with Crippen LogP contribution >= 0.6 is 11.6 Å². The molecule has 0 unspecified atom stereocenters. The number of carbonyl (C=O) groups is 1. The van der Waals surface area contributed by atoms with Gasteiger partial charge in [-0.2, -0.15) is 0 Å². The maximum Gasteiger partial charge on any atom is 0.356 e. The summed E-state index contributed by atoms with van der Waals surface area (Å²) in [5.74, 6) is -0.463. The molecule has 0 bridgehead atoms. The van der Waals surface area contributed by atoms with Crippen molar-refractivity contribution >= 4 is 17.6 Å². The van der Waals surface area contributed by atoms with E-state index in [1.54, 1.807) is 13.0 Å². The second-order valence-electron chi connectivity index (χ2n) is 2.26. The number of aromatic nitrogens is 1. The molecule has 0 aliphatic carbocycles. The molecule has 1 heterocycles. The quantitative estimate of drug-likeness (QED) is 0.627. The van der Waals surface area contributed by atoms with E-state index < -0.39 is 5.97 Å². The normalized spacial score (nSPS) is 9.58. The molecule has 0 aliphatic heterocycles. The van der Waals surface area contributed by atoms with Crippen molar-refractivity contribution < 1.29 is 9.53 Å². The van der Waals surface area contributed by atoms with Gasteiger partial charge in [0, 0.05) is 16.8 Å². The molecule has 0 saturated carbocycles. The highest BCUT2D eigenvalue weighted by atomic mass is 35.5. The Balaban J connectivity index is 3.16. The van der Waals surface area contributed by atoms with Crippen LogP contribution in [0.15, 0.2) is 12.3 Å². The Morgan fingerprint density at radius 1 is 1.67 bits per heavy atom. The number of methoxy groups -OCH3 is 1. The fourth-order valence-corrected chi connectivity index (χ4v) is 0.960. The number of rotatable bonds is 1. The summed E-state index contributed by atoms with van der Waals surface area (Å²) in [6.07, 6.45) is 1.47. The first-order chi connectivity index (χ1) is 5.66. The van der Waals surface area contributed by atoms with Gasteiger partial charge in [-0.25, -0.2) is 9.78 Å². The van der Waals surface area contributed by atoms with Crippen LogP contribution < -0.4 is 0 Å². The van der Waals surface area contributed by atoms with Crippen molar-refractivity contribution in [3.8, 4) is 0 Å². The molecular formula is C8H8ClNO2. The highest BCUT2D eigenvalue weighted by molar-refractivity contribution is 6.31. The van der Waals surface area contributed by atoms with Gasteiger partial charge in [-0.3, -0.25) is 0 Å². The molecule has 0 saturated heterocycles. The van der Waals surface area contributed by atoms with Gasteiger partial charge in [-0.15, -0.1) is 0 Å². The monoisotopic (exact) mass is 185 g/mol. The van der Waals surface area contributed by atoms with E-state index in [0.29, 0.717) is 10.6 Å². The number of halogens is 1. The maximum absolute atomic E-state index is 11.0. The van der Waals surface area contributed by atoms with E-state index in [1.165, 1.54) is 13.3 Å². The van der Waals surface area contributed by atoms with Gasteiger partial charge in [0.05, 0.1) is 7.11 Å². The Bertz CT molecular complexity index is 312. The average Bonchev–Trinajstić information content (AvgIpc) is 2.08. The van der Waals surface area contributed by atoms with E-state index in [4.69, 9.17) is 11.6 Å². The van der Waals surface area contributed by atoms with Gasteiger partial charge < -0.3 is 4.74 Å².